The Labute approximate surface area is 82.6 Å². The van der Waals surface area contributed by atoms with Gasteiger partial charge in [0, 0.05) is 0 Å². The molecule has 0 heterocycles. The first-order valence-electron chi connectivity index (χ1n) is 3.20. The zero-order valence-electron chi connectivity index (χ0n) is 6.90. The number of thiol groups is 1. The lowest BCUT2D eigenvalue weighted by molar-refractivity contribution is -0.882. The summed E-state index contributed by atoms with van der Waals surface area (Å²) < 4.78 is 0.719. The summed E-state index contributed by atoms with van der Waals surface area (Å²) in [6.45, 7) is 0. The fourth-order valence-corrected chi connectivity index (χ4v) is 4.79. The van der Waals surface area contributed by atoms with Crippen molar-refractivity contribution in [2.75, 3.05) is 21.1 Å². The van der Waals surface area contributed by atoms with Gasteiger partial charge in [-0.25, -0.2) is 7.78 Å². The molecule has 0 saturated carbocycles. The maximum atomic E-state index is 9.51. The van der Waals surface area contributed by atoms with Gasteiger partial charge in [0.15, 0.2) is 0 Å². The van der Waals surface area contributed by atoms with E-state index in [-0.39, 0.29) is 19.4 Å². The van der Waals surface area contributed by atoms with Gasteiger partial charge in [0.2, 0.25) is 0 Å². The number of nitrogens with zero attached hydrogens (tertiary/aromatic N) is 1. The zero-order valence-corrected chi connectivity index (χ0v) is 10.6. The quantitative estimate of drug-likeness (QED) is 0.326. The van der Waals surface area contributed by atoms with Crippen LogP contribution in [0.1, 0.15) is 0 Å². The molecule has 0 aliphatic heterocycles. The average Bonchev–Trinajstić information content (AvgIpc) is 1.86. The van der Waals surface area contributed by atoms with Crippen LogP contribution in [0.4, 0.5) is 0 Å². The Morgan fingerprint density at radius 1 is 1.45 bits per heavy atom. The first-order chi connectivity index (χ1) is 4.93. The van der Waals surface area contributed by atoms with Gasteiger partial charge in [-0.3, -0.25) is 0 Å². The Morgan fingerprint density at radius 3 is 2.00 bits per heavy atom. The van der Waals surface area contributed by atoms with E-state index in [1.807, 2.05) is 21.1 Å². The van der Waals surface area contributed by atoms with Gasteiger partial charge in [-0.15, -0.1) is 0 Å². The second-order valence-electron chi connectivity index (χ2n) is 3.25. The smallest absolute Gasteiger partial charge is 0.132 e. The molecule has 0 radical (unpaired) electrons. The lowest BCUT2D eigenvalue weighted by Gasteiger charge is -2.38. The van der Waals surface area contributed by atoms with Gasteiger partial charge in [-0.05, 0) is 7.78 Å². The third-order valence-corrected chi connectivity index (χ3v) is 5.15. The molecule has 6 heteroatoms. The van der Waals surface area contributed by atoms with Gasteiger partial charge < -0.3 is 21.8 Å². The molecule has 0 aromatic rings. The highest BCUT2D eigenvalue weighted by Gasteiger charge is 2.25. The SMILES string of the molecule is C[N+](C)(C)C(P[S-])C(O)PS. The number of quaternary nitrogens is 1. The van der Waals surface area contributed by atoms with Gasteiger partial charge in [0.05, 0.1) is 21.1 Å². The third-order valence-electron chi connectivity index (χ3n) is 1.39. The van der Waals surface area contributed by atoms with Crippen LogP contribution in [0.2, 0.25) is 0 Å². The molecular weight excluding hydrogens is 216 g/mol. The maximum absolute atomic E-state index is 9.51. The van der Waals surface area contributed by atoms with Gasteiger partial charge in [-0.2, -0.15) is 12.2 Å². The van der Waals surface area contributed by atoms with Crippen molar-refractivity contribution in [2.24, 2.45) is 0 Å². The molecule has 1 N–H and O–H groups in total. The Hall–Kier alpha value is 1.48. The highest BCUT2D eigenvalue weighted by molar-refractivity contribution is 8.38. The fourth-order valence-electron chi connectivity index (χ4n) is 0.717. The summed E-state index contributed by atoms with van der Waals surface area (Å²) in [4.78, 5) is 0. The van der Waals surface area contributed by atoms with Crippen molar-refractivity contribution in [2.45, 2.75) is 11.6 Å². The molecule has 0 bridgehead atoms. The largest absolute Gasteiger partial charge is 0.756 e. The van der Waals surface area contributed by atoms with Crippen LogP contribution < -0.4 is 0 Å². The van der Waals surface area contributed by atoms with Crippen molar-refractivity contribution in [1.82, 2.24) is 0 Å². The Balaban J connectivity index is 4.16. The second-order valence-corrected chi connectivity index (χ2v) is 6.41. The normalized spacial score (nSPS) is 20.2. The summed E-state index contributed by atoms with van der Waals surface area (Å²) in [6, 6.07) is 0. The molecule has 0 amide bonds. The molecular formula is C5H15NOP2S2. The number of aliphatic hydroxyl groups excluding tert-OH is 1. The highest BCUT2D eigenvalue weighted by atomic mass is 32.7. The molecule has 11 heavy (non-hydrogen) atoms. The number of hydrogen-bond donors (Lipinski definition) is 2. The predicted molar refractivity (Wildman–Crippen MR) is 60.8 cm³/mol. The summed E-state index contributed by atoms with van der Waals surface area (Å²) in [7, 11) is 6.75. The van der Waals surface area contributed by atoms with Crippen LogP contribution in [0.3, 0.4) is 0 Å². The monoisotopic (exact) mass is 231 g/mol. The molecule has 4 unspecified atom stereocenters. The third kappa shape index (κ3) is 4.31. The van der Waals surface area contributed by atoms with E-state index in [0.29, 0.717) is 7.78 Å². The number of likely N-dealkylation sites (N-methyl/N-ethyl adjacent to an activating group) is 1. The molecule has 4 atom stereocenters. The molecule has 2 nitrogen and oxygen atoms in total. The lowest BCUT2D eigenvalue weighted by atomic mass is 10.5. The molecule has 0 saturated heterocycles. The van der Waals surface area contributed by atoms with Crippen LogP contribution in [0, 0.1) is 0 Å². The number of aliphatic hydroxyl groups is 1. The lowest BCUT2D eigenvalue weighted by Crippen LogP contribution is -2.47. The first-order valence-corrected chi connectivity index (χ1v) is 7.77. The van der Waals surface area contributed by atoms with E-state index < -0.39 is 0 Å². The minimum Gasteiger partial charge on any atom is -0.756 e. The molecule has 68 valence electrons. The van der Waals surface area contributed by atoms with Gasteiger partial charge >= 0.3 is 0 Å². The number of hydrogen-bond acceptors (Lipinski definition) is 3. The molecule has 0 fully saturated rings. The molecule has 0 aromatic heterocycles. The summed E-state index contributed by atoms with van der Waals surface area (Å²) in [6.07, 6.45) is 0. The summed E-state index contributed by atoms with van der Waals surface area (Å²) in [5, 5.41) is 9.51. The second kappa shape index (κ2) is 5.26. The van der Waals surface area contributed by atoms with E-state index in [1.54, 1.807) is 0 Å². The molecule has 0 aliphatic carbocycles. The minimum absolute atomic E-state index is 0.154. The van der Waals surface area contributed by atoms with E-state index >= 15 is 0 Å². The van der Waals surface area contributed by atoms with Crippen molar-refractivity contribution in [3.8, 4) is 0 Å². The topological polar surface area (TPSA) is 20.2 Å². The highest BCUT2D eigenvalue weighted by Crippen LogP contribution is 2.35. The Kier molecular flexibility index (Phi) is 5.97. The Morgan fingerprint density at radius 2 is 1.91 bits per heavy atom. The predicted octanol–water partition coefficient (Wildman–Crippen LogP) is 1.00. The zero-order chi connectivity index (χ0) is 9.07. The standard InChI is InChI=1S/C5H15NOP2S2/c1-6(2,3)4(8-10)5(7)9-11/h4-5,7-9,11H,1-3H3. The van der Waals surface area contributed by atoms with Crippen molar-refractivity contribution in [3.05, 3.63) is 0 Å². The van der Waals surface area contributed by atoms with E-state index in [0.717, 1.165) is 4.48 Å². The van der Waals surface area contributed by atoms with Crippen LogP contribution in [0.15, 0.2) is 0 Å². The average molecular weight is 231 g/mol. The van der Waals surface area contributed by atoms with Crippen LogP contribution in [0.25, 0.3) is 0 Å². The molecule has 0 aromatic carbocycles. The first kappa shape index (κ1) is 12.5. The van der Waals surface area contributed by atoms with Gasteiger partial charge in [-0.1, -0.05) is 0 Å². The van der Waals surface area contributed by atoms with Crippen LogP contribution in [-0.4, -0.2) is 42.4 Å². The van der Waals surface area contributed by atoms with Crippen LogP contribution in [-0.2, 0) is 12.2 Å². The van der Waals surface area contributed by atoms with Crippen molar-refractivity contribution >= 4 is 40.1 Å². The summed E-state index contributed by atoms with van der Waals surface area (Å²) >= 11 is 9.05. The summed E-state index contributed by atoms with van der Waals surface area (Å²) in [5.41, 5.74) is 0. The summed E-state index contributed by atoms with van der Waals surface area (Å²) in [5.74, 6) is -0.199. The molecule has 0 rings (SSSR count). The fraction of sp³-hybridized carbons (Fsp3) is 1.00. The van der Waals surface area contributed by atoms with Crippen molar-refractivity contribution < 1.29 is 9.59 Å². The number of rotatable bonds is 4. The van der Waals surface area contributed by atoms with Crippen molar-refractivity contribution in [3.63, 3.8) is 0 Å². The molecule has 0 aliphatic rings. The van der Waals surface area contributed by atoms with Crippen LogP contribution in [0.5, 0.6) is 0 Å². The van der Waals surface area contributed by atoms with Crippen LogP contribution >= 0.6 is 27.8 Å². The van der Waals surface area contributed by atoms with E-state index in [4.69, 9.17) is 12.2 Å². The van der Waals surface area contributed by atoms with E-state index in [2.05, 4.69) is 12.2 Å². The maximum Gasteiger partial charge on any atom is 0.132 e. The van der Waals surface area contributed by atoms with Gasteiger partial charge in [0.25, 0.3) is 0 Å². The van der Waals surface area contributed by atoms with Crippen molar-refractivity contribution in [1.29, 1.82) is 0 Å². The van der Waals surface area contributed by atoms with E-state index in [9.17, 15) is 5.11 Å². The molecule has 0 spiro atoms. The van der Waals surface area contributed by atoms with E-state index in [1.165, 1.54) is 0 Å². The van der Waals surface area contributed by atoms with Gasteiger partial charge in [0.1, 0.15) is 11.6 Å². The minimum atomic E-state index is -0.353. The Bertz CT molecular complexity index is 120.